The molecule has 3 aromatic rings. The molecule has 3 amide bonds. The molecule has 0 fully saturated rings. The van der Waals surface area contributed by atoms with Crippen molar-refractivity contribution in [1.82, 2.24) is 5.32 Å². The molecule has 0 radical (unpaired) electrons. The van der Waals surface area contributed by atoms with Gasteiger partial charge in [0.05, 0.1) is 17.9 Å². The minimum Gasteiger partial charge on any atom is -0.493 e. The molecule has 0 spiro atoms. The van der Waals surface area contributed by atoms with Crippen LogP contribution in [0.25, 0.3) is 5.57 Å². The quantitative estimate of drug-likeness (QED) is 0.359. The summed E-state index contributed by atoms with van der Waals surface area (Å²) in [6.45, 7) is 5.47. The van der Waals surface area contributed by atoms with Crippen LogP contribution in [-0.2, 0) is 4.79 Å². The van der Waals surface area contributed by atoms with Gasteiger partial charge in [0.15, 0.2) is 0 Å². The molecular weight excluding hydrogens is 516 g/mol. The first-order chi connectivity index (χ1) is 19.1. The predicted molar refractivity (Wildman–Crippen MR) is 151 cm³/mol. The van der Waals surface area contributed by atoms with Gasteiger partial charge in [-0.2, -0.15) is 0 Å². The maximum Gasteiger partial charge on any atom is 0.275 e. The van der Waals surface area contributed by atoms with Crippen molar-refractivity contribution < 1.29 is 27.9 Å². The predicted octanol–water partition coefficient (Wildman–Crippen LogP) is 5.93. The number of rotatable bonds is 7. The van der Waals surface area contributed by atoms with E-state index >= 15 is 8.78 Å². The molecule has 0 saturated carbocycles. The zero-order valence-corrected chi connectivity index (χ0v) is 22.5. The molecule has 0 aliphatic carbocycles. The highest BCUT2D eigenvalue weighted by Gasteiger charge is 2.41. The van der Waals surface area contributed by atoms with E-state index in [4.69, 9.17) is 4.74 Å². The Morgan fingerprint density at radius 2 is 1.68 bits per heavy atom. The van der Waals surface area contributed by atoms with Crippen molar-refractivity contribution in [3.05, 3.63) is 95.6 Å². The summed E-state index contributed by atoms with van der Waals surface area (Å²) in [5.41, 5.74) is 1.07. The first kappa shape index (κ1) is 28.5. The summed E-state index contributed by atoms with van der Waals surface area (Å²) >= 11 is 0. The van der Waals surface area contributed by atoms with Crippen LogP contribution < -0.4 is 20.3 Å². The van der Waals surface area contributed by atoms with Crippen molar-refractivity contribution in [2.75, 3.05) is 23.4 Å². The fourth-order valence-corrected chi connectivity index (χ4v) is 4.48. The Bertz CT molecular complexity index is 1430. The van der Waals surface area contributed by atoms with E-state index in [2.05, 4.69) is 10.6 Å². The van der Waals surface area contributed by atoms with E-state index in [0.717, 1.165) is 6.08 Å². The number of para-hydroxylation sites is 2. The average molecular weight is 548 g/mol. The molecule has 1 heterocycles. The lowest BCUT2D eigenvalue weighted by Gasteiger charge is -2.23. The minimum absolute atomic E-state index is 0.120. The van der Waals surface area contributed by atoms with Crippen LogP contribution in [0.4, 0.5) is 20.2 Å². The second-order valence-corrected chi connectivity index (χ2v) is 9.61. The highest BCUT2D eigenvalue weighted by molar-refractivity contribution is 6.10. The van der Waals surface area contributed by atoms with Crippen LogP contribution in [0.5, 0.6) is 5.75 Å². The largest absolute Gasteiger partial charge is 0.493 e. The Morgan fingerprint density at radius 3 is 2.38 bits per heavy atom. The summed E-state index contributed by atoms with van der Waals surface area (Å²) in [4.78, 5) is 40.0. The molecule has 40 heavy (non-hydrogen) atoms. The third-order valence-electron chi connectivity index (χ3n) is 6.30. The fourth-order valence-electron chi connectivity index (χ4n) is 4.48. The number of benzene rings is 3. The fraction of sp³-hybridized carbons (Fsp3) is 0.258. The van der Waals surface area contributed by atoms with Crippen molar-refractivity contribution in [1.29, 1.82) is 0 Å². The third kappa shape index (κ3) is 6.36. The zero-order chi connectivity index (χ0) is 28.9. The van der Waals surface area contributed by atoms with Crippen LogP contribution in [-0.4, -0.2) is 42.8 Å². The van der Waals surface area contributed by atoms with E-state index in [1.54, 1.807) is 68.4 Å². The summed E-state index contributed by atoms with van der Waals surface area (Å²) < 4.78 is 36.1. The maximum absolute atomic E-state index is 15.3. The Labute approximate surface area is 231 Å². The Hall–Kier alpha value is -4.53. The van der Waals surface area contributed by atoms with Crippen LogP contribution in [0, 0.1) is 0 Å². The average Bonchev–Trinajstić information content (AvgIpc) is 3.02. The van der Waals surface area contributed by atoms with Gasteiger partial charge in [0.1, 0.15) is 5.75 Å². The molecule has 1 aliphatic rings. The molecule has 2 N–H and O–H groups in total. The Balaban J connectivity index is 1.59. The van der Waals surface area contributed by atoms with Crippen LogP contribution in [0.2, 0.25) is 0 Å². The number of hydrogen-bond acceptors (Lipinski definition) is 4. The van der Waals surface area contributed by atoms with Gasteiger partial charge in [-0.3, -0.25) is 14.4 Å². The Kier molecular flexibility index (Phi) is 8.62. The van der Waals surface area contributed by atoms with Crippen molar-refractivity contribution >= 4 is 34.7 Å². The highest BCUT2D eigenvalue weighted by atomic mass is 19.3. The monoisotopic (exact) mass is 547 g/mol. The molecule has 0 unspecified atom stereocenters. The summed E-state index contributed by atoms with van der Waals surface area (Å²) in [7, 11) is 0. The molecule has 0 aromatic heterocycles. The van der Waals surface area contributed by atoms with Gasteiger partial charge in [-0.1, -0.05) is 30.3 Å². The van der Waals surface area contributed by atoms with Gasteiger partial charge in [0.2, 0.25) is 5.91 Å². The van der Waals surface area contributed by atoms with E-state index in [0.29, 0.717) is 23.6 Å². The van der Waals surface area contributed by atoms with Gasteiger partial charge in [0.25, 0.3) is 17.7 Å². The molecule has 7 nitrogen and oxygen atoms in total. The van der Waals surface area contributed by atoms with Gasteiger partial charge in [-0.05, 0) is 63.2 Å². The second kappa shape index (κ2) is 12.1. The van der Waals surface area contributed by atoms with E-state index < -0.39 is 29.7 Å². The van der Waals surface area contributed by atoms with Crippen molar-refractivity contribution in [3.63, 3.8) is 0 Å². The number of fused-ring (bicyclic) bond motifs is 1. The smallest absolute Gasteiger partial charge is 0.275 e. The van der Waals surface area contributed by atoms with Gasteiger partial charge in [-0.15, -0.1) is 0 Å². The first-order valence-electron chi connectivity index (χ1n) is 13.1. The number of anilines is 2. The molecular formula is C31H31F2N3O4. The molecule has 4 rings (SSSR count). The van der Waals surface area contributed by atoms with Crippen molar-refractivity contribution in [2.24, 2.45) is 0 Å². The number of ether oxygens (including phenoxy) is 1. The van der Waals surface area contributed by atoms with Crippen LogP contribution >= 0.6 is 0 Å². The van der Waals surface area contributed by atoms with Crippen LogP contribution in [0.3, 0.4) is 0 Å². The van der Waals surface area contributed by atoms with Crippen LogP contribution in [0.15, 0.2) is 78.9 Å². The summed E-state index contributed by atoms with van der Waals surface area (Å²) in [6.07, 6.45) is 0.273. The normalized spacial score (nSPS) is 15.2. The summed E-state index contributed by atoms with van der Waals surface area (Å²) in [6, 6.07) is 19.2. The number of alkyl halides is 2. The molecule has 0 atom stereocenters. The van der Waals surface area contributed by atoms with E-state index in [9.17, 15) is 14.4 Å². The number of nitrogens with one attached hydrogen (secondary N) is 2. The number of hydrogen-bond donors (Lipinski definition) is 2. The standard InChI is InChI=1S/C31H31F2N3O4/c1-4-40-27-12-8-6-10-24(27)29(38)35-22-15-13-21(14-16-22)30(39)36-18-17-31(32,33)25(19-28(37)34-20(2)3)23-9-5-7-11-26(23)36/h5-16,19-20H,4,17-18H2,1-3H3,(H,34,37)(H,35,38)/b25-19+. The summed E-state index contributed by atoms with van der Waals surface area (Å²) in [5, 5.41) is 5.40. The highest BCUT2D eigenvalue weighted by Crippen LogP contribution is 2.43. The Morgan fingerprint density at radius 1 is 1.00 bits per heavy atom. The zero-order valence-electron chi connectivity index (χ0n) is 22.5. The SMILES string of the molecule is CCOc1ccccc1C(=O)Nc1ccc(C(=O)N2CCC(F)(F)/C(=C/C(=O)NC(C)C)c3ccccc32)cc1. The van der Waals surface area contributed by atoms with E-state index in [1.807, 2.05) is 6.92 Å². The van der Waals surface area contributed by atoms with Gasteiger partial charge in [-0.25, -0.2) is 8.78 Å². The van der Waals surface area contributed by atoms with E-state index in [1.165, 1.54) is 23.1 Å². The van der Waals surface area contributed by atoms with Crippen molar-refractivity contribution in [2.45, 2.75) is 39.2 Å². The van der Waals surface area contributed by atoms with Gasteiger partial charge < -0.3 is 20.3 Å². The molecule has 0 bridgehead atoms. The number of nitrogens with zero attached hydrogens (tertiary/aromatic N) is 1. The molecule has 3 aromatic carbocycles. The van der Waals surface area contributed by atoms with Gasteiger partial charge in [0, 0.05) is 47.5 Å². The number of halogens is 2. The number of carbonyl (C=O) groups excluding carboxylic acids is 3. The third-order valence-corrected chi connectivity index (χ3v) is 6.30. The van der Waals surface area contributed by atoms with Crippen molar-refractivity contribution in [3.8, 4) is 5.75 Å². The molecule has 0 saturated heterocycles. The lowest BCUT2D eigenvalue weighted by atomic mass is 9.97. The maximum atomic E-state index is 15.3. The molecule has 1 aliphatic heterocycles. The first-order valence-corrected chi connectivity index (χ1v) is 13.1. The number of amides is 3. The topological polar surface area (TPSA) is 87.7 Å². The second-order valence-electron chi connectivity index (χ2n) is 9.61. The molecule has 208 valence electrons. The lowest BCUT2D eigenvalue weighted by Crippen LogP contribution is -2.33. The summed E-state index contributed by atoms with van der Waals surface area (Å²) in [5.74, 6) is -4.34. The molecule has 9 heteroatoms. The van der Waals surface area contributed by atoms with Crippen LogP contribution in [0.1, 0.15) is 53.5 Å². The minimum atomic E-state index is -3.33. The number of carbonyl (C=O) groups is 3. The van der Waals surface area contributed by atoms with Gasteiger partial charge >= 0.3 is 0 Å². The number of allylic oxidation sites excluding steroid dienone is 1. The van der Waals surface area contributed by atoms with E-state index in [-0.39, 0.29) is 35.3 Å². The lowest BCUT2D eigenvalue weighted by molar-refractivity contribution is -0.117.